The van der Waals surface area contributed by atoms with Crippen LogP contribution in [0, 0.1) is 0 Å². The summed E-state index contributed by atoms with van der Waals surface area (Å²) in [4.78, 5) is 4.35. The minimum absolute atomic E-state index is 1.07. The number of rotatable bonds is 2. The van der Waals surface area contributed by atoms with Crippen molar-refractivity contribution < 1.29 is 0 Å². The van der Waals surface area contributed by atoms with Gasteiger partial charge in [0.1, 0.15) is 0 Å². The van der Waals surface area contributed by atoms with Gasteiger partial charge >= 0.3 is 0 Å². The van der Waals surface area contributed by atoms with Crippen LogP contribution in [-0.4, -0.2) is 4.98 Å². The van der Waals surface area contributed by atoms with Gasteiger partial charge in [0.05, 0.1) is 0 Å². The molecule has 1 heterocycles. The van der Waals surface area contributed by atoms with Crippen molar-refractivity contribution in [1.82, 2.24) is 4.98 Å². The molecule has 84 valence electrons. The Morgan fingerprint density at radius 3 is 2.47 bits per heavy atom. The number of halogens is 1. The number of benzene rings is 2. The summed E-state index contributed by atoms with van der Waals surface area (Å²) in [5, 5.41) is 1.25. The zero-order chi connectivity index (χ0) is 11.7. The van der Waals surface area contributed by atoms with Gasteiger partial charge in [0, 0.05) is 27.6 Å². The quantitative estimate of drug-likeness (QED) is 0.678. The third-order valence-corrected chi connectivity index (χ3v) is 3.83. The number of H-pyrrole nitrogens is 1. The molecule has 0 bridgehead atoms. The molecule has 0 saturated carbocycles. The molecule has 0 amide bonds. The summed E-state index contributed by atoms with van der Waals surface area (Å²) in [6, 6.07) is 16.6. The normalized spacial score (nSPS) is 10.9. The van der Waals surface area contributed by atoms with Crippen LogP contribution in [0.4, 0.5) is 0 Å². The minimum atomic E-state index is 1.07. The number of nitrogens with one attached hydrogen (secondary N) is 1. The summed E-state index contributed by atoms with van der Waals surface area (Å²) >= 11 is 0. The molecule has 17 heavy (non-hydrogen) atoms. The summed E-state index contributed by atoms with van der Waals surface area (Å²) in [5.41, 5.74) is 3.60. The molecule has 1 aromatic heterocycles. The van der Waals surface area contributed by atoms with Crippen molar-refractivity contribution >= 4 is 32.6 Å². The third kappa shape index (κ3) is 1.94. The van der Waals surface area contributed by atoms with Gasteiger partial charge in [-0.1, -0.05) is 30.3 Å². The number of hydrogen-bond donors (Lipinski definition) is 1. The number of aromatic nitrogens is 1. The maximum Gasteiger partial charge on any atom is 0.0460 e. The standard InChI is InChI=1S/C14H10ClNS/c15-17-11-7-5-10(6-8-11)13-9-16-14-4-2-1-3-12(13)14/h1-9,16H. The van der Waals surface area contributed by atoms with E-state index in [2.05, 4.69) is 35.3 Å². The molecule has 0 radical (unpaired) electrons. The molecular weight excluding hydrogens is 250 g/mol. The van der Waals surface area contributed by atoms with Crippen LogP contribution in [0.15, 0.2) is 59.6 Å². The molecule has 0 saturated heterocycles. The van der Waals surface area contributed by atoms with Gasteiger partial charge in [-0.3, -0.25) is 0 Å². The highest BCUT2D eigenvalue weighted by Gasteiger charge is 2.04. The zero-order valence-electron chi connectivity index (χ0n) is 8.98. The van der Waals surface area contributed by atoms with Crippen LogP contribution in [0.2, 0.25) is 0 Å². The largest absolute Gasteiger partial charge is 0.361 e. The van der Waals surface area contributed by atoms with E-state index in [1.54, 1.807) is 0 Å². The van der Waals surface area contributed by atoms with Crippen molar-refractivity contribution in [2.24, 2.45) is 0 Å². The van der Waals surface area contributed by atoms with E-state index in [1.165, 1.54) is 33.0 Å². The summed E-state index contributed by atoms with van der Waals surface area (Å²) in [6.45, 7) is 0. The molecule has 1 nitrogen and oxygen atoms in total. The highest BCUT2D eigenvalue weighted by atomic mass is 35.7. The summed E-state index contributed by atoms with van der Waals surface area (Å²) in [6.07, 6.45) is 2.05. The monoisotopic (exact) mass is 259 g/mol. The lowest BCUT2D eigenvalue weighted by atomic mass is 10.1. The summed E-state index contributed by atoms with van der Waals surface area (Å²) in [5.74, 6) is 0. The Morgan fingerprint density at radius 2 is 1.71 bits per heavy atom. The predicted octanol–water partition coefficient (Wildman–Crippen LogP) is 5.08. The van der Waals surface area contributed by atoms with E-state index in [0.717, 1.165) is 4.90 Å². The van der Waals surface area contributed by atoms with E-state index < -0.39 is 0 Å². The lowest BCUT2D eigenvalue weighted by Gasteiger charge is -2.00. The molecule has 0 atom stereocenters. The molecule has 0 unspecified atom stereocenters. The molecule has 0 fully saturated rings. The average Bonchev–Trinajstić information content (AvgIpc) is 2.83. The summed E-state index contributed by atoms with van der Waals surface area (Å²) in [7, 11) is 6.95. The van der Waals surface area contributed by atoms with Crippen LogP contribution in [0.25, 0.3) is 22.0 Å². The van der Waals surface area contributed by atoms with E-state index in [-0.39, 0.29) is 0 Å². The van der Waals surface area contributed by atoms with Crippen LogP contribution < -0.4 is 0 Å². The molecule has 2 aromatic carbocycles. The molecule has 3 rings (SSSR count). The first-order valence-electron chi connectivity index (χ1n) is 5.33. The van der Waals surface area contributed by atoms with Crippen LogP contribution in [0.3, 0.4) is 0 Å². The number of hydrogen-bond acceptors (Lipinski definition) is 1. The maximum absolute atomic E-state index is 5.71. The molecule has 0 spiro atoms. The van der Waals surface area contributed by atoms with Crippen molar-refractivity contribution in [3.63, 3.8) is 0 Å². The lowest BCUT2D eigenvalue weighted by molar-refractivity contribution is 1.45. The van der Waals surface area contributed by atoms with Crippen molar-refractivity contribution in [1.29, 1.82) is 0 Å². The van der Waals surface area contributed by atoms with Crippen LogP contribution in [0.5, 0.6) is 0 Å². The first-order valence-corrected chi connectivity index (χ1v) is 6.98. The van der Waals surface area contributed by atoms with Gasteiger partial charge in [0.15, 0.2) is 0 Å². The third-order valence-electron chi connectivity index (χ3n) is 2.84. The second-order valence-electron chi connectivity index (χ2n) is 3.85. The smallest absolute Gasteiger partial charge is 0.0460 e. The Kier molecular flexibility index (Phi) is 2.83. The fourth-order valence-corrected chi connectivity index (χ4v) is 2.54. The predicted molar refractivity (Wildman–Crippen MR) is 75.4 cm³/mol. The van der Waals surface area contributed by atoms with Gasteiger partial charge in [0.2, 0.25) is 0 Å². The highest BCUT2D eigenvalue weighted by molar-refractivity contribution is 8.21. The van der Waals surface area contributed by atoms with Crippen molar-refractivity contribution in [2.75, 3.05) is 0 Å². The van der Waals surface area contributed by atoms with Crippen molar-refractivity contribution in [3.05, 3.63) is 54.7 Å². The number of fused-ring (bicyclic) bond motifs is 1. The van der Waals surface area contributed by atoms with Gasteiger partial charge in [-0.25, -0.2) is 0 Å². The van der Waals surface area contributed by atoms with Crippen LogP contribution >= 0.6 is 21.7 Å². The Balaban J connectivity index is 2.13. The number of aromatic amines is 1. The Hall–Kier alpha value is -1.38. The van der Waals surface area contributed by atoms with Gasteiger partial charge in [-0.2, -0.15) is 0 Å². The topological polar surface area (TPSA) is 15.8 Å². The fourth-order valence-electron chi connectivity index (χ4n) is 2.00. The van der Waals surface area contributed by atoms with E-state index in [9.17, 15) is 0 Å². The molecule has 3 aromatic rings. The second-order valence-corrected chi connectivity index (χ2v) is 4.94. The van der Waals surface area contributed by atoms with Crippen LogP contribution in [-0.2, 0) is 0 Å². The Bertz CT molecular complexity index is 643. The zero-order valence-corrected chi connectivity index (χ0v) is 10.6. The van der Waals surface area contributed by atoms with E-state index >= 15 is 0 Å². The van der Waals surface area contributed by atoms with E-state index in [1.807, 2.05) is 24.4 Å². The van der Waals surface area contributed by atoms with E-state index in [0.29, 0.717) is 0 Å². The SMILES string of the molecule is ClSc1ccc(-c2c[nH]c3ccccc23)cc1. The first kappa shape index (κ1) is 10.8. The first-order chi connectivity index (χ1) is 8.38. The van der Waals surface area contributed by atoms with Crippen molar-refractivity contribution in [3.8, 4) is 11.1 Å². The molecule has 0 aliphatic heterocycles. The van der Waals surface area contributed by atoms with E-state index in [4.69, 9.17) is 10.7 Å². The summed E-state index contributed by atoms with van der Waals surface area (Å²) < 4.78 is 0. The Labute approximate surface area is 108 Å². The maximum atomic E-state index is 5.71. The fraction of sp³-hybridized carbons (Fsp3) is 0. The van der Waals surface area contributed by atoms with Crippen LogP contribution in [0.1, 0.15) is 0 Å². The molecule has 3 heteroatoms. The highest BCUT2D eigenvalue weighted by Crippen LogP contribution is 2.30. The van der Waals surface area contributed by atoms with Gasteiger partial charge < -0.3 is 4.98 Å². The molecular formula is C14H10ClNS. The average molecular weight is 260 g/mol. The van der Waals surface area contributed by atoms with Crippen molar-refractivity contribution in [2.45, 2.75) is 4.90 Å². The lowest BCUT2D eigenvalue weighted by Crippen LogP contribution is -1.75. The van der Waals surface area contributed by atoms with Gasteiger partial charge in [-0.05, 0) is 45.4 Å². The molecule has 1 N–H and O–H groups in total. The van der Waals surface area contributed by atoms with Gasteiger partial charge in [0.25, 0.3) is 0 Å². The Morgan fingerprint density at radius 1 is 0.941 bits per heavy atom. The second kappa shape index (κ2) is 4.47. The van der Waals surface area contributed by atoms with Gasteiger partial charge in [-0.15, -0.1) is 0 Å². The molecule has 0 aliphatic carbocycles. The number of para-hydroxylation sites is 1. The minimum Gasteiger partial charge on any atom is -0.361 e. The molecule has 0 aliphatic rings.